The lowest BCUT2D eigenvalue weighted by Crippen LogP contribution is -2.59. The van der Waals surface area contributed by atoms with E-state index in [1.54, 1.807) is 12.4 Å². The second-order valence-corrected chi connectivity index (χ2v) is 6.61. The zero-order chi connectivity index (χ0) is 15.3. The first-order valence-electron chi connectivity index (χ1n) is 7.34. The average molecular weight is 292 g/mol. The predicted octanol–water partition coefficient (Wildman–Crippen LogP) is 2.01. The third-order valence-corrected chi connectivity index (χ3v) is 3.48. The zero-order valence-electron chi connectivity index (χ0n) is 13.0. The summed E-state index contributed by atoms with van der Waals surface area (Å²) in [5, 5.41) is 6.38. The van der Waals surface area contributed by atoms with Crippen LogP contribution in [0.25, 0.3) is 0 Å². The molecule has 0 aromatic carbocycles. The minimum absolute atomic E-state index is 0.183. The SMILES string of the molecule is CC(C)(C)OC(=O)NC1(CNCc2cncnc2)CCC1. The molecular weight excluding hydrogens is 268 g/mol. The number of hydrogen-bond donors (Lipinski definition) is 2. The van der Waals surface area contributed by atoms with Crippen molar-refractivity contribution in [2.45, 2.75) is 57.7 Å². The number of nitrogens with zero attached hydrogens (tertiary/aromatic N) is 2. The van der Waals surface area contributed by atoms with Gasteiger partial charge in [-0.3, -0.25) is 0 Å². The third-order valence-electron chi connectivity index (χ3n) is 3.48. The van der Waals surface area contributed by atoms with E-state index in [1.165, 1.54) is 6.33 Å². The van der Waals surface area contributed by atoms with Gasteiger partial charge in [-0.1, -0.05) is 0 Å². The van der Waals surface area contributed by atoms with Gasteiger partial charge in [0.15, 0.2) is 0 Å². The molecule has 0 saturated heterocycles. The van der Waals surface area contributed by atoms with Gasteiger partial charge in [0.05, 0.1) is 5.54 Å². The normalized spacial score (nSPS) is 16.9. The van der Waals surface area contributed by atoms with Crippen LogP contribution in [0.3, 0.4) is 0 Å². The number of rotatable bonds is 5. The van der Waals surface area contributed by atoms with E-state index in [4.69, 9.17) is 4.74 Å². The Bertz CT molecular complexity index is 466. The molecule has 0 unspecified atom stereocenters. The van der Waals surface area contributed by atoms with E-state index >= 15 is 0 Å². The Balaban J connectivity index is 1.80. The van der Waals surface area contributed by atoms with E-state index in [0.717, 1.165) is 31.4 Å². The lowest BCUT2D eigenvalue weighted by atomic mass is 9.76. The van der Waals surface area contributed by atoms with Gasteiger partial charge in [0.2, 0.25) is 0 Å². The summed E-state index contributed by atoms with van der Waals surface area (Å²) in [6, 6.07) is 0. The van der Waals surface area contributed by atoms with Crippen molar-refractivity contribution >= 4 is 6.09 Å². The first kappa shape index (κ1) is 15.7. The van der Waals surface area contributed by atoms with Crippen LogP contribution in [0.1, 0.15) is 45.6 Å². The molecule has 2 N–H and O–H groups in total. The Hall–Kier alpha value is -1.69. The molecule has 116 valence electrons. The van der Waals surface area contributed by atoms with Gasteiger partial charge in [0, 0.05) is 31.0 Å². The smallest absolute Gasteiger partial charge is 0.408 e. The molecular formula is C15H24N4O2. The minimum Gasteiger partial charge on any atom is -0.444 e. The molecule has 0 radical (unpaired) electrons. The van der Waals surface area contributed by atoms with Crippen LogP contribution in [0.5, 0.6) is 0 Å². The van der Waals surface area contributed by atoms with Gasteiger partial charge < -0.3 is 15.4 Å². The number of amides is 1. The van der Waals surface area contributed by atoms with Crippen molar-refractivity contribution in [3.05, 3.63) is 24.3 Å². The monoisotopic (exact) mass is 292 g/mol. The van der Waals surface area contributed by atoms with Crippen LogP contribution >= 0.6 is 0 Å². The maximum Gasteiger partial charge on any atom is 0.408 e. The van der Waals surface area contributed by atoms with Crippen LogP contribution in [0.2, 0.25) is 0 Å². The van der Waals surface area contributed by atoms with Crippen LogP contribution in [0, 0.1) is 0 Å². The van der Waals surface area contributed by atoms with E-state index in [9.17, 15) is 4.79 Å². The fourth-order valence-electron chi connectivity index (χ4n) is 2.34. The van der Waals surface area contributed by atoms with Crippen LogP contribution in [-0.4, -0.2) is 33.7 Å². The molecule has 21 heavy (non-hydrogen) atoms. The van der Waals surface area contributed by atoms with Crippen molar-refractivity contribution < 1.29 is 9.53 Å². The van der Waals surface area contributed by atoms with Gasteiger partial charge in [0.25, 0.3) is 0 Å². The topological polar surface area (TPSA) is 76.1 Å². The molecule has 6 nitrogen and oxygen atoms in total. The van der Waals surface area contributed by atoms with Crippen molar-refractivity contribution in [1.82, 2.24) is 20.6 Å². The number of hydrogen-bond acceptors (Lipinski definition) is 5. The molecule has 1 aliphatic rings. The molecule has 1 aromatic rings. The van der Waals surface area contributed by atoms with Crippen molar-refractivity contribution in [2.75, 3.05) is 6.54 Å². The fraction of sp³-hybridized carbons (Fsp3) is 0.667. The van der Waals surface area contributed by atoms with Crippen molar-refractivity contribution in [3.8, 4) is 0 Å². The molecule has 0 bridgehead atoms. The minimum atomic E-state index is -0.468. The van der Waals surface area contributed by atoms with E-state index in [0.29, 0.717) is 6.54 Å². The van der Waals surface area contributed by atoms with Gasteiger partial charge in [-0.05, 0) is 40.0 Å². The van der Waals surface area contributed by atoms with Crippen molar-refractivity contribution in [3.63, 3.8) is 0 Å². The van der Waals surface area contributed by atoms with Gasteiger partial charge in [-0.2, -0.15) is 0 Å². The summed E-state index contributed by atoms with van der Waals surface area (Å²) in [6.07, 6.45) is 7.83. The zero-order valence-corrected chi connectivity index (χ0v) is 13.0. The van der Waals surface area contributed by atoms with Crippen molar-refractivity contribution in [2.24, 2.45) is 0 Å². The molecule has 0 spiro atoms. The summed E-state index contributed by atoms with van der Waals surface area (Å²) < 4.78 is 5.34. The Morgan fingerprint density at radius 1 is 1.33 bits per heavy atom. The highest BCUT2D eigenvalue weighted by Gasteiger charge is 2.39. The number of carbonyl (C=O) groups excluding carboxylic acids is 1. The first-order valence-corrected chi connectivity index (χ1v) is 7.34. The van der Waals surface area contributed by atoms with E-state index in [-0.39, 0.29) is 11.6 Å². The summed E-state index contributed by atoms with van der Waals surface area (Å²) >= 11 is 0. The summed E-state index contributed by atoms with van der Waals surface area (Å²) in [6.45, 7) is 7.02. The number of alkyl carbamates (subject to hydrolysis) is 1. The molecule has 0 atom stereocenters. The Kier molecular flexibility index (Phi) is 4.77. The molecule has 1 saturated carbocycles. The highest BCUT2D eigenvalue weighted by molar-refractivity contribution is 5.69. The van der Waals surface area contributed by atoms with Crippen LogP contribution in [0.15, 0.2) is 18.7 Å². The summed E-state index contributed by atoms with van der Waals surface area (Å²) in [4.78, 5) is 19.9. The Labute approximate surface area is 125 Å². The van der Waals surface area contributed by atoms with Gasteiger partial charge in [-0.25, -0.2) is 14.8 Å². The fourth-order valence-corrected chi connectivity index (χ4v) is 2.34. The van der Waals surface area contributed by atoms with Crippen LogP contribution in [0.4, 0.5) is 4.79 Å². The van der Waals surface area contributed by atoms with Gasteiger partial charge in [-0.15, -0.1) is 0 Å². The molecule has 1 aliphatic carbocycles. The molecule has 6 heteroatoms. The molecule has 2 rings (SSSR count). The van der Waals surface area contributed by atoms with E-state index in [2.05, 4.69) is 20.6 Å². The molecule has 1 aromatic heterocycles. The second kappa shape index (κ2) is 6.39. The number of ether oxygens (including phenoxy) is 1. The lowest BCUT2D eigenvalue weighted by molar-refractivity contribution is 0.0382. The molecule has 0 aliphatic heterocycles. The number of aromatic nitrogens is 2. The Morgan fingerprint density at radius 3 is 2.52 bits per heavy atom. The van der Waals surface area contributed by atoms with Crippen LogP contribution < -0.4 is 10.6 Å². The highest BCUT2D eigenvalue weighted by Crippen LogP contribution is 2.31. The average Bonchev–Trinajstić information content (AvgIpc) is 2.34. The summed E-state index contributed by atoms with van der Waals surface area (Å²) in [5.41, 5.74) is 0.381. The lowest BCUT2D eigenvalue weighted by Gasteiger charge is -2.42. The number of nitrogens with one attached hydrogen (secondary N) is 2. The molecule has 1 fully saturated rings. The van der Waals surface area contributed by atoms with Crippen LogP contribution in [-0.2, 0) is 11.3 Å². The summed E-state index contributed by atoms with van der Waals surface area (Å²) in [7, 11) is 0. The first-order chi connectivity index (χ1) is 9.89. The van der Waals surface area contributed by atoms with E-state index in [1.807, 2.05) is 20.8 Å². The van der Waals surface area contributed by atoms with E-state index < -0.39 is 5.60 Å². The largest absolute Gasteiger partial charge is 0.444 e. The maximum absolute atomic E-state index is 11.9. The third kappa shape index (κ3) is 4.97. The maximum atomic E-state index is 11.9. The number of carbonyl (C=O) groups is 1. The van der Waals surface area contributed by atoms with Gasteiger partial charge in [0.1, 0.15) is 11.9 Å². The molecule has 1 heterocycles. The van der Waals surface area contributed by atoms with Gasteiger partial charge >= 0.3 is 6.09 Å². The highest BCUT2D eigenvalue weighted by atomic mass is 16.6. The second-order valence-electron chi connectivity index (χ2n) is 6.61. The summed E-state index contributed by atoms with van der Waals surface area (Å²) in [5.74, 6) is 0. The molecule has 1 amide bonds. The Morgan fingerprint density at radius 2 is 2.00 bits per heavy atom. The van der Waals surface area contributed by atoms with Crippen molar-refractivity contribution in [1.29, 1.82) is 0 Å². The standard InChI is InChI=1S/C15H24N4O2/c1-14(2,3)21-13(20)19-15(5-4-6-15)10-16-7-12-8-17-11-18-9-12/h8-9,11,16H,4-7,10H2,1-3H3,(H,19,20). The predicted molar refractivity (Wildman–Crippen MR) is 79.7 cm³/mol. The quantitative estimate of drug-likeness (QED) is 0.868.